The zero-order valence-corrected chi connectivity index (χ0v) is 12.3. The van der Waals surface area contributed by atoms with E-state index in [4.69, 9.17) is 23.7 Å². The first kappa shape index (κ1) is 15.2. The minimum Gasteiger partial charge on any atom is -0.493 e. The Kier molecular flexibility index (Phi) is 7.04. The summed E-state index contributed by atoms with van der Waals surface area (Å²) in [4.78, 5) is 0. The van der Waals surface area contributed by atoms with E-state index in [9.17, 15) is 0 Å². The summed E-state index contributed by atoms with van der Waals surface area (Å²) in [6.07, 6.45) is 0. The number of ether oxygens (including phenoxy) is 5. The van der Waals surface area contributed by atoms with Crippen LogP contribution in [0.3, 0.4) is 0 Å². The number of rotatable bonds is 8. The number of methoxy groups -OCH3 is 3. The smallest absolute Gasteiger partial charge is 0.188 e. The third kappa shape index (κ3) is 4.45. The number of halogens is 1. The lowest BCUT2D eigenvalue weighted by atomic mass is 10.2. The Hall–Kier alpha value is -0.820. The highest BCUT2D eigenvalue weighted by molar-refractivity contribution is 9.10. The van der Waals surface area contributed by atoms with E-state index >= 15 is 0 Å². The molecule has 0 aliphatic carbocycles. The van der Waals surface area contributed by atoms with Crippen LogP contribution in [0, 0.1) is 0 Å². The fourth-order valence-corrected chi connectivity index (χ4v) is 1.75. The highest BCUT2D eigenvalue weighted by Gasteiger charge is 2.10. The summed E-state index contributed by atoms with van der Waals surface area (Å²) < 4.78 is 26.5. The van der Waals surface area contributed by atoms with E-state index in [1.165, 1.54) is 0 Å². The van der Waals surface area contributed by atoms with E-state index in [0.29, 0.717) is 18.1 Å². The van der Waals surface area contributed by atoms with Gasteiger partial charge < -0.3 is 23.7 Å². The van der Waals surface area contributed by atoms with Crippen molar-refractivity contribution < 1.29 is 23.7 Å². The van der Waals surface area contributed by atoms with Crippen molar-refractivity contribution in [3.63, 3.8) is 0 Å². The van der Waals surface area contributed by atoms with Gasteiger partial charge in [-0.1, -0.05) is 15.9 Å². The summed E-state index contributed by atoms with van der Waals surface area (Å²) in [5.41, 5.74) is 0.952. The highest BCUT2D eigenvalue weighted by Crippen LogP contribution is 2.33. The lowest BCUT2D eigenvalue weighted by molar-refractivity contribution is -0.0393. The molecule has 102 valence electrons. The molecule has 0 aliphatic rings. The van der Waals surface area contributed by atoms with Crippen molar-refractivity contribution in [1.29, 1.82) is 0 Å². The Balaban J connectivity index is 2.81. The van der Waals surface area contributed by atoms with Gasteiger partial charge in [0.05, 0.1) is 13.7 Å². The minimum atomic E-state index is 0.169. The fourth-order valence-electron chi connectivity index (χ4n) is 1.32. The Labute approximate surface area is 115 Å². The van der Waals surface area contributed by atoms with Gasteiger partial charge in [-0.05, 0) is 17.7 Å². The van der Waals surface area contributed by atoms with Gasteiger partial charge >= 0.3 is 0 Å². The van der Waals surface area contributed by atoms with Crippen molar-refractivity contribution in [3.8, 4) is 11.5 Å². The normalized spacial score (nSPS) is 10.4. The third-order valence-electron chi connectivity index (χ3n) is 2.12. The standard InChI is InChI=1S/C12H17BrO5/c1-14-7-17-6-9-4-11(16-3)12(5-10(9)13)18-8-15-2/h4-5H,6-8H2,1-3H3. The molecule has 6 heteroatoms. The Morgan fingerprint density at radius 3 is 2.33 bits per heavy atom. The van der Waals surface area contributed by atoms with Crippen LogP contribution >= 0.6 is 15.9 Å². The minimum absolute atomic E-state index is 0.169. The molecule has 1 aromatic carbocycles. The third-order valence-corrected chi connectivity index (χ3v) is 2.86. The van der Waals surface area contributed by atoms with Crippen molar-refractivity contribution in [2.24, 2.45) is 0 Å². The van der Waals surface area contributed by atoms with Gasteiger partial charge in [-0.25, -0.2) is 0 Å². The van der Waals surface area contributed by atoms with Crippen LogP contribution < -0.4 is 9.47 Å². The summed E-state index contributed by atoms with van der Waals surface area (Å²) in [6, 6.07) is 3.67. The zero-order chi connectivity index (χ0) is 13.4. The zero-order valence-electron chi connectivity index (χ0n) is 10.7. The van der Waals surface area contributed by atoms with Gasteiger partial charge in [-0.2, -0.15) is 0 Å². The molecule has 0 aliphatic heterocycles. The second-order valence-corrected chi connectivity index (χ2v) is 4.25. The first-order valence-electron chi connectivity index (χ1n) is 5.27. The van der Waals surface area contributed by atoms with Crippen LogP contribution in [0.4, 0.5) is 0 Å². The van der Waals surface area contributed by atoms with E-state index in [1.54, 1.807) is 21.3 Å². The molecule has 1 rings (SSSR count). The van der Waals surface area contributed by atoms with Gasteiger partial charge in [0.25, 0.3) is 0 Å². The van der Waals surface area contributed by atoms with Gasteiger partial charge in [0.2, 0.25) is 0 Å². The molecule has 0 heterocycles. The average Bonchev–Trinajstić information content (AvgIpc) is 2.38. The molecule has 0 atom stereocenters. The molecule has 0 aromatic heterocycles. The van der Waals surface area contributed by atoms with E-state index in [1.807, 2.05) is 12.1 Å². The summed E-state index contributed by atoms with van der Waals surface area (Å²) in [6.45, 7) is 0.842. The second-order valence-electron chi connectivity index (χ2n) is 3.40. The molecule has 0 saturated carbocycles. The predicted octanol–water partition coefficient (Wildman–Crippen LogP) is 2.56. The summed E-state index contributed by atoms with van der Waals surface area (Å²) in [5, 5.41) is 0. The molecule has 18 heavy (non-hydrogen) atoms. The Morgan fingerprint density at radius 2 is 1.72 bits per heavy atom. The van der Waals surface area contributed by atoms with Crippen LogP contribution in [0.2, 0.25) is 0 Å². The number of hydrogen-bond donors (Lipinski definition) is 0. The largest absolute Gasteiger partial charge is 0.493 e. The fraction of sp³-hybridized carbons (Fsp3) is 0.500. The van der Waals surface area contributed by atoms with E-state index in [0.717, 1.165) is 10.0 Å². The molecule has 0 radical (unpaired) electrons. The van der Waals surface area contributed by atoms with Gasteiger partial charge in [0, 0.05) is 18.7 Å². The van der Waals surface area contributed by atoms with Crippen molar-refractivity contribution in [2.45, 2.75) is 6.61 Å². The van der Waals surface area contributed by atoms with Crippen LogP contribution in [-0.2, 0) is 20.8 Å². The van der Waals surface area contributed by atoms with Gasteiger partial charge in [0.15, 0.2) is 18.3 Å². The highest BCUT2D eigenvalue weighted by atomic mass is 79.9. The molecule has 0 bridgehead atoms. The Morgan fingerprint density at radius 1 is 1.00 bits per heavy atom. The quantitative estimate of drug-likeness (QED) is 0.544. The maximum absolute atomic E-state index is 5.40. The molecule has 1 aromatic rings. The molecule has 0 spiro atoms. The second kappa shape index (κ2) is 8.31. The Bertz CT molecular complexity index is 370. The molecule has 0 fully saturated rings. The van der Waals surface area contributed by atoms with Crippen LogP contribution in [0.5, 0.6) is 11.5 Å². The maximum Gasteiger partial charge on any atom is 0.188 e. The molecular formula is C12H17BrO5. The van der Waals surface area contributed by atoms with Gasteiger partial charge in [-0.3, -0.25) is 0 Å². The van der Waals surface area contributed by atoms with Crippen molar-refractivity contribution in [3.05, 3.63) is 22.2 Å². The van der Waals surface area contributed by atoms with E-state index in [-0.39, 0.29) is 13.6 Å². The topological polar surface area (TPSA) is 46.2 Å². The van der Waals surface area contributed by atoms with Gasteiger partial charge in [0.1, 0.15) is 6.79 Å². The monoisotopic (exact) mass is 320 g/mol. The molecule has 0 saturated heterocycles. The molecule has 0 amide bonds. The van der Waals surface area contributed by atoms with Crippen molar-refractivity contribution >= 4 is 15.9 Å². The van der Waals surface area contributed by atoms with Crippen LogP contribution in [0.15, 0.2) is 16.6 Å². The van der Waals surface area contributed by atoms with Crippen molar-refractivity contribution in [2.75, 3.05) is 34.9 Å². The summed E-state index contributed by atoms with van der Waals surface area (Å²) in [5.74, 6) is 1.24. The van der Waals surface area contributed by atoms with Crippen molar-refractivity contribution in [1.82, 2.24) is 0 Å². The van der Waals surface area contributed by atoms with Gasteiger partial charge in [-0.15, -0.1) is 0 Å². The average molecular weight is 321 g/mol. The first-order chi connectivity index (χ1) is 8.72. The molecule has 0 N–H and O–H groups in total. The lowest BCUT2D eigenvalue weighted by Gasteiger charge is -2.13. The maximum atomic E-state index is 5.40. The lowest BCUT2D eigenvalue weighted by Crippen LogP contribution is -2.03. The molecule has 5 nitrogen and oxygen atoms in total. The SMILES string of the molecule is COCOCc1cc(OC)c(OCOC)cc1Br. The predicted molar refractivity (Wildman–Crippen MR) is 69.9 cm³/mol. The number of hydrogen-bond acceptors (Lipinski definition) is 5. The summed E-state index contributed by atoms with van der Waals surface area (Å²) >= 11 is 3.46. The first-order valence-corrected chi connectivity index (χ1v) is 6.07. The van der Waals surface area contributed by atoms with E-state index < -0.39 is 0 Å². The molecule has 0 unspecified atom stereocenters. The summed E-state index contributed by atoms with van der Waals surface area (Å²) in [7, 11) is 4.73. The van der Waals surface area contributed by atoms with Crippen LogP contribution in [0.25, 0.3) is 0 Å². The number of benzene rings is 1. The molecular weight excluding hydrogens is 304 g/mol. The van der Waals surface area contributed by atoms with E-state index in [2.05, 4.69) is 15.9 Å². The van der Waals surface area contributed by atoms with Crippen LogP contribution in [-0.4, -0.2) is 34.9 Å². The van der Waals surface area contributed by atoms with Crippen LogP contribution in [0.1, 0.15) is 5.56 Å².